The molecule has 3 aromatic carbocycles. The molecule has 3 N–H and O–H groups in total. The molecule has 0 spiro atoms. The van der Waals surface area contributed by atoms with Crippen LogP contribution in [0.3, 0.4) is 0 Å². The minimum atomic E-state index is -0.298. The van der Waals surface area contributed by atoms with E-state index in [9.17, 15) is 9.59 Å². The summed E-state index contributed by atoms with van der Waals surface area (Å²) in [6, 6.07) is 16.4. The van der Waals surface area contributed by atoms with Crippen molar-refractivity contribution in [2.24, 2.45) is 5.73 Å². The SMILES string of the molecule is COCCOc1cc2ncnc(Nc3ccc(Oc4ccc(CCN)cc4)c(C4=CC(=O)C=CC4=O)c3)c2cc1OC. The number of allylic oxidation sites excluding steroid dienone is 4. The maximum absolute atomic E-state index is 12.9. The summed E-state index contributed by atoms with van der Waals surface area (Å²) in [6.45, 7) is 1.34. The van der Waals surface area contributed by atoms with E-state index < -0.39 is 0 Å². The van der Waals surface area contributed by atoms with Gasteiger partial charge in [-0.25, -0.2) is 9.97 Å². The summed E-state index contributed by atoms with van der Waals surface area (Å²) in [7, 11) is 3.16. The number of fused-ring (bicyclic) bond motifs is 1. The van der Waals surface area contributed by atoms with Crippen LogP contribution < -0.4 is 25.3 Å². The van der Waals surface area contributed by atoms with E-state index in [4.69, 9.17) is 24.7 Å². The number of benzene rings is 3. The standard InChI is InChI=1S/C32H30N4O6/c1-39-13-14-41-31-18-27-26(17-30(31)40-2)32(35-19-34-27)36-21-5-10-29(42-23-7-3-20(4-8-23)11-12-33)25(15-21)24-16-22(37)6-9-28(24)38/h3-10,15-19H,11-14,33H2,1-2H3,(H,34,35,36). The molecular weight excluding hydrogens is 536 g/mol. The topological polar surface area (TPSA) is 135 Å². The first-order valence-electron chi connectivity index (χ1n) is 13.3. The molecule has 1 heterocycles. The first-order chi connectivity index (χ1) is 20.5. The smallest absolute Gasteiger partial charge is 0.186 e. The highest BCUT2D eigenvalue weighted by molar-refractivity contribution is 6.34. The van der Waals surface area contributed by atoms with Gasteiger partial charge in [0.05, 0.1) is 19.2 Å². The van der Waals surface area contributed by atoms with Gasteiger partial charge in [-0.15, -0.1) is 0 Å². The van der Waals surface area contributed by atoms with E-state index in [1.165, 1.54) is 24.6 Å². The predicted molar refractivity (Wildman–Crippen MR) is 160 cm³/mol. The molecule has 1 aliphatic rings. The van der Waals surface area contributed by atoms with Crippen LogP contribution in [0.25, 0.3) is 16.5 Å². The van der Waals surface area contributed by atoms with Gasteiger partial charge in [-0.3, -0.25) is 9.59 Å². The van der Waals surface area contributed by atoms with E-state index >= 15 is 0 Å². The van der Waals surface area contributed by atoms with Gasteiger partial charge in [-0.1, -0.05) is 12.1 Å². The van der Waals surface area contributed by atoms with Gasteiger partial charge >= 0.3 is 0 Å². The fraction of sp³-hybridized carbons (Fsp3) is 0.188. The maximum atomic E-state index is 12.9. The van der Waals surface area contributed by atoms with Crippen molar-refractivity contribution >= 4 is 39.5 Å². The Bertz CT molecular complexity index is 1680. The lowest BCUT2D eigenvalue weighted by atomic mass is 9.95. The number of carbonyl (C=O) groups excluding carboxylic acids is 2. The number of ketones is 2. The number of carbonyl (C=O) groups is 2. The van der Waals surface area contributed by atoms with Gasteiger partial charge in [0.25, 0.3) is 0 Å². The number of nitrogens with one attached hydrogen (secondary N) is 1. The summed E-state index contributed by atoms with van der Waals surface area (Å²) < 4.78 is 22.6. The fourth-order valence-corrected chi connectivity index (χ4v) is 4.45. The number of hydrogen-bond donors (Lipinski definition) is 2. The zero-order valence-electron chi connectivity index (χ0n) is 23.3. The van der Waals surface area contributed by atoms with Crippen LogP contribution in [0.1, 0.15) is 11.1 Å². The number of nitrogens with zero attached hydrogens (tertiary/aromatic N) is 2. The Kier molecular flexibility index (Phi) is 8.86. The highest BCUT2D eigenvalue weighted by Gasteiger charge is 2.21. The molecule has 1 aliphatic carbocycles. The van der Waals surface area contributed by atoms with E-state index in [-0.39, 0.29) is 17.1 Å². The average molecular weight is 567 g/mol. The van der Waals surface area contributed by atoms with Crippen molar-refractivity contribution in [3.63, 3.8) is 0 Å². The molecule has 10 heteroatoms. The minimum Gasteiger partial charge on any atom is -0.493 e. The summed E-state index contributed by atoms with van der Waals surface area (Å²) in [6.07, 6.45) is 6.03. The van der Waals surface area contributed by atoms with Gasteiger partial charge in [0, 0.05) is 35.4 Å². The monoisotopic (exact) mass is 566 g/mol. The first-order valence-corrected chi connectivity index (χ1v) is 13.3. The summed E-state index contributed by atoms with van der Waals surface area (Å²) in [5, 5.41) is 4.01. The molecule has 4 aromatic rings. The number of ether oxygens (including phenoxy) is 4. The molecule has 0 aliphatic heterocycles. The van der Waals surface area contributed by atoms with Gasteiger partial charge in [0.1, 0.15) is 30.3 Å². The van der Waals surface area contributed by atoms with Crippen LogP contribution in [0.2, 0.25) is 0 Å². The van der Waals surface area contributed by atoms with Gasteiger partial charge in [0.15, 0.2) is 23.1 Å². The lowest BCUT2D eigenvalue weighted by Crippen LogP contribution is -2.08. The maximum Gasteiger partial charge on any atom is 0.186 e. The second-order valence-electron chi connectivity index (χ2n) is 9.36. The highest BCUT2D eigenvalue weighted by atomic mass is 16.5. The lowest BCUT2D eigenvalue weighted by Gasteiger charge is -2.17. The van der Waals surface area contributed by atoms with Crippen LogP contribution in [0.4, 0.5) is 11.5 Å². The molecule has 0 fully saturated rings. The normalized spacial score (nSPS) is 12.8. The molecule has 10 nitrogen and oxygen atoms in total. The number of nitrogens with two attached hydrogens (primary N) is 1. The van der Waals surface area contributed by atoms with E-state index in [1.54, 1.807) is 44.6 Å². The molecule has 0 atom stereocenters. The number of rotatable bonds is 12. The van der Waals surface area contributed by atoms with Crippen LogP contribution in [-0.2, 0) is 20.7 Å². The summed E-state index contributed by atoms with van der Waals surface area (Å²) in [4.78, 5) is 33.9. The third-order valence-electron chi connectivity index (χ3n) is 6.53. The molecule has 0 saturated carbocycles. The number of anilines is 2. The molecule has 0 saturated heterocycles. The Morgan fingerprint density at radius 3 is 2.48 bits per heavy atom. The van der Waals surface area contributed by atoms with Crippen LogP contribution in [-0.4, -0.2) is 55.5 Å². The van der Waals surface area contributed by atoms with Crippen molar-refractivity contribution in [2.75, 3.05) is 39.3 Å². The summed E-state index contributed by atoms with van der Waals surface area (Å²) >= 11 is 0. The zero-order valence-corrected chi connectivity index (χ0v) is 23.3. The molecule has 0 radical (unpaired) electrons. The third kappa shape index (κ3) is 6.46. The van der Waals surface area contributed by atoms with Crippen molar-refractivity contribution in [3.8, 4) is 23.0 Å². The second-order valence-corrected chi connectivity index (χ2v) is 9.36. The Morgan fingerprint density at radius 1 is 0.881 bits per heavy atom. The summed E-state index contributed by atoms with van der Waals surface area (Å²) in [5.41, 5.74) is 8.69. The van der Waals surface area contributed by atoms with Gasteiger partial charge in [-0.2, -0.15) is 0 Å². The number of methoxy groups -OCH3 is 2. The molecule has 0 bridgehead atoms. The van der Waals surface area contributed by atoms with E-state index in [0.29, 0.717) is 70.7 Å². The number of aromatic nitrogens is 2. The third-order valence-corrected chi connectivity index (χ3v) is 6.53. The average Bonchev–Trinajstić information content (AvgIpc) is 3.00. The van der Waals surface area contributed by atoms with E-state index in [1.807, 2.05) is 24.3 Å². The van der Waals surface area contributed by atoms with Crippen molar-refractivity contribution in [3.05, 3.63) is 90.3 Å². The van der Waals surface area contributed by atoms with Gasteiger partial charge in [0.2, 0.25) is 0 Å². The van der Waals surface area contributed by atoms with Gasteiger partial charge < -0.3 is 30.0 Å². The van der Waals surface area contributed by atoms with Crippen molar-refractivity contribution in [1.29, 1.82) is 0 Å². The highest BCUT2D eigenvalue weighted by Crippen LogP contribution is 2.37. The van der Waals surface area contributed by atoms with Crippen LogP contribution in [0, 0.1) is 0 Å². The molecule has 0 amide bonds. The quantitative estimate of drug-likeness (QED) is 0.182. The second kappa shape index (κ2) is 13.1. The van der Waals surface area contributed by atoms with Crippen LogP contribution in [0.15, 0.2) is 79.2 Å². The Hall–Kier alpha value is -5.06. The van der Waals surface area contributed by atoms with E-state index in [2.05, 4.69) is 15.3 Å². The molecule has 214 valence electrons. The molecule has 0 unspecified atom stereocenters. The fourth-order valence-electron chi connectivity index (χ4n) is 4.45. The van der Waals surface area contributed by atoms with Crippen LogP contribution >= 0.6 is 0 Å². The van der Waals surface area contributed by atoms with Gasteiger partial charge in [-0.05, 0) is 73.2 Å². The number of hydrogen-bond acceptors (Lipinski definition) is 10. The predicted octanol–water partition coefficient (Wildman–Crippen LogP) is 4.79. The molecular formula is C32H30N4O6. The van der Waals surface area contributed by atoms with Crippen LogP contribution in [0.5, 0.6) is 23.0 Å². The Balaban J connectivity index is 1.50. The largest absolute Gasteiger partial charge is 0.493 e. The molecule has 1 aromatic heterocycles. The summed E-state index contributed by atoms with van der Waals surface area (Å²) in [5.74, 6) is 1.98. The Labute approximate surface area is 242 Å². The zero-order chi connectivity index (χ0) is 29.5. The van der Waals surface area contributed by atoms with Crippen molar-refractivity contribution in [1.82, 2.24) is 9.97 Å². The van der Waals surface area contributed by atoms with Crippen molar-refractivity contribution < 1.29 is 28.5 Å². The molecule has 5 rings (SSSR count). The van der Waals surface area contributed by atoms with E-state index in [0.717, 1.165) is 12.0 Å². The Morgan fingerprint density at radius 2 is 1.71 bits per heavy atom. The van der Waals surface area contributed by atoms with Crippen molar-refractivity contribution in [2.45, 2.75) is 6.42 Å². The lowest BCUT2D eigenvalue weighted by molar-refractivity contribution is -0.113. The molecule has 42 heavy (non-hydrogen) atoms. The minimum absolute atomic E-state index is 0.230. The first kappa shape index (κ1) is 28.5.